The molecule has 0 bridgehead atoms. The Hall–Kier alpha value is -0.730. The second-order valence-corrected chi connectivity index (χ2v) is 2.52. The molecule has 2 nitrogen and oxygen atoms in total. The lowest BCUT2D eigenvalue weighted by molar-refractivity contribution is 0.281. The molecule has 0 atom stereocenters. The van der Waals surface area contributed by atoms with Crippen LogP contribution >= 0.6 is 11.6 Å². The Morgan fingerprint density at radius 2 is 2.27 bits per heavy atom. The van der Waals surface area contributed by atoms with Crippen molar-refractivity contribution < 1.29 is 9.84 Å². The van der Waals surface area contributed by atoms with Gasteiger partial charge in [0.2, 0.25) is 0 Å². The Morgan fingerprint density at radius 1 is 1.55 bits per heavy atom. The first-order valence-corrected chi connectivity index (χ1v) is 3.59. The fourth-order valence-electron chi connectivity index (χ4n) is 0.799. The van der Waals surface area contributed by atoms with Gasteiger partial charge in [0.1, 0.15) is 5.75 Å². The van der Waals surface area contributed by atoms with Crippen LogP contribution in [0.25, 0.3) is 0 Å². The SMILES string of the molecule is COc1ccc(Cl)c(CO)c1. The van der Waals surface area contributed by atoms with Crippen LogP contribution < -0.4 is 4.74 Å². The third-order valence-electron chi connectivity index (χ3n) is 1.42. The molecule has 0 aromatic heterocycles. The Labute approximate surface area is 70.4 Å². The molecule has 0 aliphatic carbocycles. The molecule has 0 heterocycles. The van der Waals surface area contributed by atoms with Crippen LogP contribution in [0, 0.1) is 0 Å². The third-order valence-corrected chi connectivity index (χ3v) is 1.79. The fraction of sp³-hybridized carbons (Fsp3) is 0.250. The minimum absolute atomic E-state index is 0.0595. The Balaban J connectivity index is 3.02. The standard InChI is InChI=1S/C8H9ClO2/c1-11-7-2-3-8(9)6(4-7)5-10/h2-4,10H,5H2,1H3. The van der Waals surface area contributed by atoms with E-state index in [9.17, 15) is 0 Å². The van der Waals surface area contributed by atoms with Crippen LogP contribution in [0.5, 0.6) is 5.75 Å². The molecule has 0 aliphatic heterocycles. The molecule has 0 aliphatic rings. The summed E-state index contributed by atoms with van der Waals surface area (Å²) < 4.78 is 4.94. The molecule has 0 radical (unpaired) electrons. The molecule has 1 aromatic rings. The fourth-order valence-corrected chi connectivity index (χ4v) is 0.977. The molecule has 60 valence electrons. The Kier molecular flexibility index (Phi) is 2.74. The van der Waals surface area contributed by atoms with Crippen LogP contribution in [0.2, 0.25) is 5.02 Å². The second kappa shape index (κ2) is 3.60. The molecule has 0 fully saturated rings. The number of hydrogen-bond acceptors (Lipinski definition) is 2. The van der Waals surface area contributed by atoms with Crippen molar-refractivity contribution in [1.82, 2.24) is 0 Å². The largest absolute Gasteiger partial charge is 0.497 e. The van der Waals surface area contributed by atoms with Gasteiger partial charge in [-0.3, -0.25) is 0 Å². The number of hydrogen-bond donors (Lipinski definition) is 1. The van der Waals surface area contributed by atoms with Crippen LogP contribution in [-0.2, 0) is 6.61 Å². The average Bonchev–Trinajstić information content (AvgIpc) is 2.05. The first kappa shape index (κ1) is 8.37. The van der Waals surface area contributed by atoms with Gasteiger partial charge < -0.3 is 9.84 Å². The van der Waals surface area contributed by atoms with E-state index >= 15 is 0 Å². The molecule has 1 aromatic carbocycles. The Morgan fingerprint density at radius 3 is 2.82 bits per heavy atom. The predicted octanol–water partition coefficient (Wildman–Crippen LogP) is 1.84. The van der Waals surface area contributed by atoms with E-state index in [1.165, 1.54) is 0 Å². The van der Waals surface area contributed by atoms with E-state index in [2.05, 4.69) is 0 Å². The van der Waals surface area contributed by atoms with Gasteiger partial charge in [-0.25, -0.2) is 0 Å². The van der Waals surface area contributed by atoms with E-state index in [1.807, 2.05) is 0 Å². The Bertz CT molecular complexity index is 248. The van der Waals surface area contributed by atoms with E-state index in [4.69, 9.17) is 21.4 Å². The number of aliphatic hydroxyl groups excluding tert-OH is 1. The summed E-state index contributed by atoms with van der Waals surface area (Å²) in [6.07, 6.45) is 0. The molecule has 0 saturated carbocycles. The molecule has 0 saturated heterocycles. The maximum atomic E-state index is 8.80. The van der Waals surface area contributed by atoms with Gasteiger partial charge in [-0.1, -0.05) is 11.6 Å². The highest BCUT2D eigenvalue weighted by Gasteiger charge is 1.99. The van der Waals surface area contributed by atoms with Crippen LogP contribution in [0.4, 0.5) is 0 Å². The van der Waals surface area contributed by atoms with Gasteiger partial charge in [-0.2, -0.15) is 0 Å². The number of methoxy groups -OCH3 is 1. The van der Waals surface area contributed by atoms with E-state index < -0.39 is 0 Å². The van der Waals surface area contributed by atoms with Crippen molar-refractivity contribution in [2.24, 2.45) is 0 Å². The van der Waals surface area contributed by atoms with Gasteiger partial charge in [0.15, 0.2) is 0 Å². The summed E-state index contributed by atoms with van der Waals surface area (Å²) in [5.41, 5.74) is 0.686. The van der Waals surface area contributed by atoms with Gasteiger partial charge >= 0.3 is 0 Å². The normalized spacial score (nSPS) is 9.73. The van der Waals surface area contributed by atoms with E-state index in [0.717, 1.165) is 0 Å². The average molecular weight is 173 g/mol. The number of rotatable bonds is 2. The monoisotopic (exact) mass is 172 g/mol. The number of benzene rings is 1. The van der Waals surface area contributed by atoms with Crippen LogP contribution in [-0.4, -0.2) is 12.2 Å². The van der Waals surface area contributed by atoms with Crippen molar-refractivity contribution in [3.8, 4) is 5.75 Å². The highest BCUT2D eigenvalue weighted by molar-refractivity contribution is 6.31. The van der Waals surface area contributed by atoms with Gasteiger partial charge in [-0.05, 0) is 23.8 Å². The van der Waals surface area contributed by atoms with Crippen molar-refractivity contribution in [2.45, 2.75) is 6.61 Å². The number of aliphatic hydroxyl groups is 1. The number of ether oxygens (including phenoxy) is 1. The van der Waals surface area contributed by atoms with Crippen molar-refractivity contribution in [3.63, 3.8) is 0 Å². The highest BCUT2D eigenvalue weighted by Crippen LogP contribution is 2.21. The zero-order valence-corrected chi connectivity index (χ0v) is 6.93. The first-order chi connectivity index (χ1) is 5.27. The van der Waals surface area contributed by atoms with Crippen molar-refractivity contribution in [2.75, 3.05) is 7.11 Å². The van der Waals surface area contributed by atoms with E-state index in [-0.39, 0.29) is 6.61 Å². The van der Waals surface area contributed by atoms with Crippen LogP contribution in [0.3, 0.4) is 0 Å². The summed E-state index contributed by atoms with van der Waals surface area (Å²) in [5.74, 6) is 0.707. The van der Waals surface area contributed by atoms with Gasteiger partial charge in [0.25, 0.3) is 0 Å². The lowest BCUT2D eigenvalue weighted by Gasteiger charge is -2.03. The lowest BCUT2D eigenvalue weighted by atomic mass is 10.2. The second-order valence-electron chi connectivity index (χ2n) is 2.12. The molecule has 0 amide bonds. The van der Waals surface area contributed by atoms with Gasteiger partial charge in [0.05, 0.1) is 13.7 Å². The summed E-state index contributed by atoms with van der Waals surface area (Å²) >= 11 is 5.74. The summed E-state index contributed by atoms with van der Waals surface area (Å²) in [4.78, 5) is 0. The van der Waals surface area contributed by atoms with Crippen molar-refractivity contribution in [1.29, 1.82) is 0 Å². The zero-order valence-electron chi connectivity index (χ0n) is 6.17. The maximum Gasteiger partial charge on any atom is 0.119 e. The molecule has 1 N–H and O–H groups in total. The summed E-state index contributed by atoms with van der Waals surface area (Å²) in [6.45, 7) is -0.0595. The number of halogens is 1. The van der Waals surface area contributed by atoms with Crippen LogP contribution in [0.15, 0.2) is 18.2 Å². The van der Waals surface area contributed by atoms with E-state index in [1.54, 1.807) is 25.3 Å². The minimum atomic E-state index is -0.0595. The summed E-state index contributed by atoms with van der Waals surface area (Å²) in [6, 6.07) is 5.16. The molecule has 0 unspecified atom stereocenters. The van der Waals surface area contributed by atoms with Gasteiger partial charge in [0, 0.05) is 5.02 Å². The molecule has 3 heteroatoms. The summed E-state index contributed by atoms with van der Waals surface area (Å²) in [5, 5.41) is 9.36. The van der Waals surface area contributed by atoms with Crippen LogP contribution in [0.1, 0.15) is 5.56 Å². The van der Waals surface area contributed by atoms with Gasteiger partial charge in [-0.15, -0.1) is 0 Å². The molecule has 1 rings (SSSR count). The molecular formula is C8H9ClO2. The molecule has 11 heavy (non-hydrogen) atoms. The quantitative estimate of drug-likeness (QED) is 0.738. The highest BCUT2D eigenvalue weighted by atomic mass is 35.5. The van der Waals surface area contributed by atoms with E-state index in [0.29, 0.717) is 16.3 Å². The predicted molar refractivity (Wildman–Crippen MR) is 43.9 cm³/mol. The van der Waals surface area contributed by atoms with Crippen molar-refractivity contribution >= 4 is 11.6 Å². The third kappa shape index (κ3) is 1.85. The first-order valence-electron chi connectivity index (χ1n) is 3.21. The minimum Gasteiger partial charge on any atom is -0.497 e. The van der Waals surface area contributed by atoms with Crippen molar-refractivity contribution in [3.05, 3.63) is 28.8 Å². The summed E-state index contributed by atoms with van der Waals surface area (Å²) in [7, 11) is 1.57. The molecular weight excluding hydrogens is 164 g/mol. The maximum absolute atomic E-state index is 8.80. The topological polar surface area (TPSA) is 29.5 Å². The smallest absolute Gasteiger partial charge is 0.119 e. The zero-order chi connectivity index (χ0) is 8.27. The lowest BCUT2D eigenvalue weighted by Crippen LogP contribution is -1.87. The molecule has 0 spiro atoms.